The third-order valence-electron chi connectivity index (χ3n) is 2.51. The molecule has 1 aromatic rings. The highest BCUT2D eigenvalue weighted by atomic mass is 16.7. The SMILES string of the molecule is CON(C)C(=C(C)C)c1ccccc1C(N)=O. The molecule has 4 heteroatoms. The highest BCUT2D eigenvalue weighted by molar-refractivity contribution is 5.98. The van der Waals surface area contributed by atoms with Gasteiger partial charge in [-0.1, -0.05) is 23.8 Å². The number of allylic oxidation sites excluding steroid dienone is 1. The fourth-order valence-electron chi connectivity index (χ4n) is 1.75. The number of hydrogen-bond acceptors (Lipinski definition) is 3. The Hall–Kier alpha value is -1.81. The van der Waals surface area contributed by atoms with E-state index in [-0.39, 0.29) is 0 Å². The quantitative estimate of drug-likeness (QED) is 0.811. The average molecular weight is 234 g/mol. The van der Waals surface area contributed by atoms with Crippen LogP contribution in [0.1, 0.15) is 29.8 Å². The van der Waals surface area contributed by atoms with Gasteiger partial charge in [-0.3, -0.25) is 14.7 Å². The first-order valence-corrected chi connectivity index (χ1v) is 5.33. The highest BCUT2D eigenvalue weighted by Gasteiger charge is 2.15. The monoisotopic (exact) mass is 234 g/mol. The highest BCUT2D eigenvalue weighted by Crippen LogP contribution is 2.25. The predicted molar refractivity (Wildman–Crippen MR) is 68.0 cm³/mol. The lowest BCUT2D eigenvalue weighted by molar-refractivity contribution is -0.0533. The molecule has 0 fully saturated rings. The van der Waals surface area contributed by atoms with Crippen LogP contribution in [-0.4, -0.2) is 25.1 Å². The van der Waals surface area contributed by atoms with Gasteiger partial charge < -0.3 is 5.73 Å². The van der Waals surface area contributed by atoms with Crippen LogP contribution in [0.4, 0.5) is 0 Å². The average Bonchev–Trinajstić information content (AvgIpc) is 2.29. The second kappa shape index (κ2) is 5.50. The van der Waals surface area contributed by atoms with E-state index in [2.05, 4.69) is 0 Å². The Morgan fingerprint density at radius 3 is 2.18 bits per heavy atom. The van der Waals surface area contributed by atoms with Gasteiger partial charge in [-0.25, -0.2) is 0 Å². The predicted octanol–water partition coefficient (Wildman–Crippen LogP) is 2.03. The number of hydroxylamine groups is 2. The van der Waals surface area contributed by atoms with E-state index in [0.29, 0.717) is 5.56 Å². The third-order valence-corrected chi connectivity index (χ3v) is 2.51. The van der Waals surface area contributed by atoms with E-state index in [4.69, 9.17) is 10.6 Å². The Morgan fingerprint density at radius 1 is 1.24 bits per heavy atom. The number of benzene rings is 1. The summed E-state index contributed by atoms with van der Waals surface area (Å²) in [5, 5.41) is 1.62. The van der Waals surface area contributed by atoms with E-state index in [1.54, 1.807) is 31.4 Å². The van der Waals surface area contributed by atoms with Crippen LogP contribution < -0.4 is 5.73 Å². The van der Waals surface area contributed by atoms with Crippen LogP contribution in [0.3, 0.4) is 0 Å². The zero-order valence-corrected chi connectivity index (χ0v) is 10.7. The molecule has 0 radical (unpaired) electrons. The van der Waals surface area contributed by atoms with Gasteiger partial charge in [-0.05, 0) is 19.9 Å². The normalized spacial score (nSPS) is 9.88. The smallest absolute Gasteiger partial charge is 0.249 e. The Labute approximate surface area is 102 Å². The molecule has 0 saturated heterocycles. The molecule has 0 aliphatic rings. The molecule has 1 aromatic carbocycles. The number of nitrogens with zero attached hydrogens (tertiary/aromatic N) is 1. The molecular formula is C13H18N2O2. The van der Waals surface area contributed by atoms with Crippen LogP contribution in [0.15, 0.2) is 29.8 Å². The molecule has 2 N–H and O–H groups in total. The second-order valence-electron chi connectivity index (χ2n) is 3.94. The molecule has 17 heavy (non-hydrogen) atoms. The Bertz CT molecular complexity index is 448. The Kier molecular flexibility index (Phi) is 4.29. The van der Waals surface area contributed by atoms with Crippen molar-refractivity contribution in [3.05, 3.63) is 41.0 Å². The van der Waals surface area contributed by atoms with Crippen molar-refractivity contribution in [3.63, 3.8) is 0 Å². The first-order chi connectivity index (χ1) is 7.99. The summed E-state index contributed by atoms with van der Waals surface area (Å²) in [6.45, 7) is 3.92. The van der Waals surface area contributed by atoms with Gasteiger partial charge in [-0.15, -0.1) is 0 Å². The van der Waals surface area contributed by atoms with Crippen molar-refractivity contribution in [3.8, 4) is 0 Å². The van der Waals surface area contributed by atoms with Crippen LogP contribution in [0.5, 0.6) is 0 Å². The zero-order valence-electron chi connectivity index (χ0n) is 10.7. The van der Waals surface area contributed by atoms with Crippen molar-refractivity contribution >= 4 is 11.6 Å². The summed E-state index contributed by atoms with van der Waals surface area (Å²) >= 11 is 0. The molecule has 0 unspecified atom stereocenters. The van der Waals surface area contributed by atoms with Crippen molar-refractivity contribution in [1.82, 2.24) is 5.06 Å². The first kappa shape index (κ1) is 13.3. The lowest BCUT2D eigenvalue weighted by Gasteiger charge is -2.23. The van der Waals surface area contributed by atoms with Crippen LogP contribution >= 0.6 is 0 Å². The minimum atomic E-state index is -0.441. The Balaban J connectivity index is 3.40. The third kappa shape index (κ3) is 2.85. The van der Waals surface area contributed by atoms with Crippen LogP contribution in [0, 0.1) is 0 Å². The largest absolute Gasteiger partial charge is 0.366 e. The van der Waals surface area contributed by atoms with E-state index < -0.39 is 5.91 Å². The number of primary amides is 1. The molecule has 0 heterocycles. The molecular weight excluding hydrogens is 216 g/mol. The molecule has 0 atom stereocenters. The summed E-state index contributed by atoms with van der Waals surface area (Å²) in [4.78, 5) is 16.6. The van der Waals surface area contributed by atoms with Crippen LogP contribution in [0.25, 0.3) is 5.70 Å². The Morgan fingerprint density at radius 2 is 1.76 bits per heavy atom. The van der Waals surface area contributed by atoms with E-state index in [1.165, 1.54) is 0 Å². The van der Waals surface area contributed by atoms with Crippen molar-refractivity contribution in [2.24, 2.45) is 5.73 Å². The van der Waals surface area contributed by atoms with Crippen molar-refractivity contribution in [2.45, 2.75) is 13.8 Å². The van der Waals surface area contributed by atoms with Crippen LogP contribution in [-0.2, 0) is 4.84 Å². The number of amides is 1. The minimum Gasteiger partial charge on any atom is -0.366 e. The fraction of sp³-hybridized carbons (Fsp3) is 0.308. The van der Waals surface area contributed by atoms with Crippen molar-refractivity contribution < 1.29 is 9.63 Å². The summed E-state index contributed by atoms with van der Waals surface area (Å²) < 4.78 is 0. The minimum absolute atomic E-state index is 0.441. The molecule has 1 amide bonds. The molecule has 0 aliphatic carbocycles. The van der Waals surface area contributed by atoms with Gasteiger partial charge in [0.1, 0.15) is 0 Å². The lowest BCUT2D eigenvalue weighted by Crippen LogP contribution is -2.20. The number of nitrogens with two attached hydrogens (primary N) is 1. The molecule has 92 valence electrons. The molecule has 0 saturated carbocycles. The standard InChI is InChI=1S/C13H18N2O2/c1-9(2)12(15(3)17-4)10-7-5-6-8-11(10)13(14)16/h5-8H,1-4H3,(H2,14,16). The van der Waals surface area contributed by atoms with E-state index >= 15 is 0 Å². The molecule has 0 aliphatic heterocycles. The summed E-state index contributed by atoms with van der Waals surface area (Å²) in [5.74, 6) is -0.441. The second-order valence-corrected chi connectivity index (χ2v) is 3.94. The van der Waals surface area contributed by atoms with Gasteiger partial charge in [0, 0.05) is 18.2 Å². The molecule has 0 aromatic heterocycles. The maximum atomic E-state index is 11.4. The molecule has 0 bridgehead atoms. The first-order valence-electron chi connectivity index (χ1n) is 5.33. The van der Waals surface area contributed by atoms with Gasteiger partial charge in [0.05, 0.1) is 12.8 Å². The topological polar surface area (TPSA) is 55.6 Å². The maximum Gasteiger partial charge on any atom is 0.249 e. The summed E-state index contributed by atoms with van der Waals surface area (Å²) in [6.07, 6.45) is 0. The summed E-state index contributed by atoms with van der Waals surface area (Å²) in [7, 11) is 3.37. The van der Waals surface area contributed by atoms with Gasteiger partial charge in [0.25, 0.3) is 0 Å². The zero-order chi connectivity index (χ0) is 13.0. The van der Waals surface area contributed by atoms with Gasteiger partial charge in [0.15, 0.2) is 0 Å². The molecule has 0 spiro atoms. The lowest BCUT2D eigenvalue weighted by atomic mass is 10.0. The molecule has 1 rings (SSSR count). The number of rotatable bonds is 4. The van der Waals surface area contributed by atoms with Crippen LogP contribution in [0.2, 0.25) is 0 Å². The number of carbonyl (C=O) groups excluding carboxylic acids is 1. The maximum absolute atomic E-state index is 11.4. The van der Waals surface area contributed by atoms with Crippen molar-refractivity contribution in [2.75, 3.05) is 14.2 Å². The number of hydrogen-bond donors (Lipinski definition) is 1. The van der Waals surface area contributed by atoms with Gasteiger partial charge in [0.2, 0.25) is 5.91 Å². The van der Waals surface area contributed by atoms with Gasteiger partial charge in [-0.2, -0.15) is 0 Å². The van der Waals surface area contributed by atoms with Crippen molar-refractivity contribution in [1.29, 1.82) is 0 Å². The number of carbonyl (C=O) groups is 1. The summed E-state index contributed by atoms with van der Waals surface area (Å²) in [6, 6.07) is 7.23. The summed E-state index contributed by atoms with van der Waals surface area (Å²) in [5.41, 5.74) is 8.54. The fourth-order valence-corrected chi connectivity index (χ4v) is 1.75. The van der Waals surface area contributed by atoms with Gasteiger partial charge >= 0.3 is 0 Å². The van der Waals surface area contributed by atoms with E-state index in [0.717, 1.165) is 16.8 Å². The molecule has 4 nitrogen and oxygen atoms in total. The van der Waals surface area contributed by atoms with E-state index in [9.17, 15) is 4.79 Å². The van der Waals surface area contributed by atoms with E-state index in [1.807, 2.05) is 26.0 Å².